The van der Waals surface area contributed by atoms with Crippen LogP contribution < -0.4 is 0 Å². The number of aromatic nitrogens is 3. The van der Waals surface area contributed by atoms with Crippen LogP contribution in [0.4, 0.5) is 0 Å². The van der Waals surface area contributed by atoms with Crippen LogP contribution >= 0.6 is 11.6 Å². The molecule has 2 aliphatic rings. The van der Waals surface area contributed by atoms with E-state index in [9.17, 15) is 5.11 Å². The minimum atomic E-state index is -1.03. The number of halogens is 1. The zero-order valence-corrected chi connectivity index (χ0v) is 19.2. The summed E-state index contributed by atoms with van der Waals surface area (Å²) in [4.78, 5) is 4.15. The summed E-state index contributed by atoms with van der Waals surface area (Å²) >= 11 is 6.11. The number of rotatable bonds is 5. The molecule has 2 aromatic heterocycles. The van der Waals surface area contributed by atoms with Gasteiger partial charge in [-0.25, -0.2) is 9.69 Å². The summed E-state index contributed by atoms with van der Waals surface area (Å²) in [5.41, 5.74) is 5.60. The molecule has 0 radical (unpaired) electrons. The maximum atomic E-state index is 11.1. The average Bonchev–Trinajstić information content (AvgIpc) is 3.54. The van der Waals surface area contributed by atoms with Gasteiger partial charge in [0.05, 0.1) is 18.4 Å². The molecular formula is C26H20ClN7O. The molecule has 172 valence electrons. The molecule has 0 amide bonds. The van der Waals surface area contributed by atoms with E-state index in [0.29, 0.717) is 17.4 Å². The molecule has 4 aromatic rings. The van der Waals surface area contributed by atoms with E-state index in [4.69, 9.17) is 16.7 Å². The molecule has 35 heavy (non-hydrogen) atoms. The smallest absolute Gasteiger partial charge is 0.244 e. The molecule has 1 atom stereocenters. The second-order valence-electron chi connectivity index (χ2n) is 8.11. The topological polar surface area (TPSA) is 82.1 Å². The van der Waals surface area contributed by atoms with Crippen LogP contribution in [0.5, 0.6) is 0 Å². The third-order valence-electron chi connectivity index (χ3n) is 5.90. The number of amidine groups is 1. The zero-order chi connectivity index (χ0) is 23.8. The molecule has 0 aliphatic carbocycles. The molecule has 0 spiro atoms. The first-order valence-corrected chi connectivity index (χ1v) is 11.4. The van der Waals surface area contributed by atoms with Crippen molar-refractivity contribution in [2.24, 2.45) is 10.2 Å². The molecule has 0 saturated heterocycles. The van der Waals surface area contributed by atoms with E-state index < -0.39 is 6.35 Å². The van der Waals surface area contributed by atoms with Crippen molar-refractivity contribution < 1.29 is 5.11 Å². The normalized spacial score (nSPS) is 17.1. The summed E-state index contributed by atoms with van der Waals surface area (Å²) in [5, 5.41) is 28.5. The van der Waals surface area contributed by atoms with E-state index in [-0.39, 0.29) is 0 Å². The van der Waals surface area contributed by atoms with E-state index in [1.54, 1.807) is 34.5 Å². The molecule has 0 bridgehead atoms. The molecule has 9 heteroatoms. The summed E-state index contributed by atoms with van der Waals surface area (Å²) in [6.07, 6.45) is 7.84. The molecule has 0 saturated carbocycles. The monoisotopic (exact) mass is 481 g/mol. The molecule has 4 heterocycles. The van der Waals surface area contributed by atoms with Crippen LogP contribution in [0.2, 0.25) is 5.02 Å². The van der Waals surface area contributed by atoms with Crippen LogP contribution in [-0.2, 0) is 6.54 Å². The Bertz CT molecular complexity index is 1430. The number of allylic oxidation sites excluding steroid dienone is 1. The number of fused-ring (bicyclic) bond motifs is 1. The van der Waals surface area contributed by atoms with Crippen molar-refractivity contribution in [2.75, 3.05) is 0 Å². The minimum Gasteiger partial charge on any atom is -0.354 e. The van der Waals surface area contributed by atoms with Gasteiger partial charge in [-0.1, -0.05) is 35.9 Å². The number of benzene rings is 2. The van der Waals surface area contributed by atoms with E-state index in [0.717, 1.165) is 33.5 Å². The van der Waals surface area contributed by atoms with Gasteiger partial charge in [-0.05, 0) is 59.2 Å². The van der Waals surface area contributed by atoms with Gasteiger partial charge < -0.3 is 5.11 Å². The van der Waals surface area contributed by atoms with Crippen molar-refractivity contribution >= 4 is 34.8 Å². The summed E-state index contributed by atoms with van der Waals surface area (Å²) in [7, 11) is 0. The predicted molar refractivity (Wildman–Crippen MR) is 135 cm³/mol. The fourth-order valence-electron chi connectivity index (χ4n) is 4.17. The first kappa shape index (κ1) is 21.3. The van der Waals surface area contributed by atoms with Gasteiger partial charge in [-0.2, -0.15) is 20.3 Å². The Kier molecular flexibility index (Phi) is 5.36. The van der Waals surface area contributed by atoms with Gasteiger partial charge in [-0.3, -0.25) is 4.98 Å². The highest BCUT2D eigenvalue weighted by atomic mass is 35.5. The second kappa shape index (κ2) is 8.83. The maximum Gasteiger partial charge on any atom is 0.244 e. The van der Waals surface area contributed by atoms with Gasteiger partial charge >= 0.3 is 0 Å². The van der Waals surface area contributed by atoms with Gasteiger partial charge in [0.2, 0.25) is 6.35 Å². The zero-order valence-electron chi connectivity index (χ0n) is 18.5. The van der Waals surface area contributed by atoms with Crippen LogP contribution in [0.15, 0.2) is 102 Å². The van der Waals surface area contributed by atoms with E-state index in [1.807, 2.05) is 72.9 Å². The van der Waals surface area contributed by atoms with Crippen LogP contribution in [0.3, 0.4) is 0 Å². The number of nitrogens with zero attached hydrogens (tertiary/aromatic N) is 7. The van der Waals surface area contributed by atoms with Crippen molar-refractivity contribution in [3.05, 3.63) is 113 Å². The Balaban J connectivity index is 1.36. The summed E-state index contributed by atoms with van der Waals surface area (Å²) in [6.45, 7) is 0.413. The maximum absolute atomic E-state index is 11.1. The molecule has 1 N–H and O–H groups in total. The van der Waals surface area contributed by atoms with Crippen LogP contribution in [0.25, 0.3) is 16.8 Å². The molecule has 2 aromatic carbocycles. The molecule has 8 nitrogen and oxygen atoms in total. The number of hydrazone groups is 2. The predicted octanol–water partition coefficient (Wildman–Crippen LogP) is 4.24. The third-order valence-corrected chi connectivity index (χ3v) is 6.16. The summed E-state index contributed by atoms with van der Waals surface area (Å²) < 4.78 is 1.80. The van der Waals surface area contributed by atoms with E-state index >= 15 is 0 Å². The number of aliphatic hydroxyl groups excluding tert-OH is 1. The van der Waals surface area contributed by atoms with Gasteiger partial charge in [0.15, 0.2) is 5.84 Å². The number of hydrogen-bond donors (Lipinski definition) is 1. The van der Waals surface area contributed by atoms with Crippen molar-refractivity contribution in [3.63, 3.8) is 0 Å². The van der Waals surface area contributed by atoms with Gasteiger partial charge in [0, 0.05) is 41.0 Å². The van der Waals surface area contributed by atoms with Gasteiger partial charge in [0.25, 0.3) is 0 Å². The van der Waals surface area contributed by atoms with E-state index in [2.05, 4.69) is 15.2 Å². The van der Waals surface area contributed by atoms with Crippen LogP contribution in [-0.4, -0.2) is 48.3 Å². The first-order valence-electron chi connectivity index (χ1n) is 11.0. The van der Waals surface area contributed by atoms with Crippen molar-refractivity contribution in [2.45, 2.75) is 12.9 Å². The number of pyridine rings is 1. The van der Waals surface area contributed by atoms with Gasteiger partial charge in [-0.15, -0.1) is 0 Å². The van der Waals surface area contributed by atoms with Crippen LogP contribution in [0, 0.1) is 0 Å². The lowest BCUT2D eigenvalue weighted by Gasteiger charge is -2.27. The molecule has 0 fully saturated rings. The SMILES string of the molecule is OC1N(Cc2ccc(-n3cccn3)cc2)N=C2C(c3ccncc3)=C(c3ccc(Cl)cc3)C=NN21. The average molecular weight is 482 g/mol. The first-order chi connectivity index (χ1) is 17.2. The number of hydrogen-bond acceptors (Lipinski definition) is 7. The Hall–Kier alpha value is -4.27. The lowest BCUT2D eigenvalue weighted by atomic mass is 9.94. The third kappa shape index (κ3) is 3.99. The fraction of sp³-hybridized carbons (Fsp3) is 0.0769. The molecule has 1 unspecified atom stereocenters. The largest absolute Gasteiger partial charge is 0.354 e. The fourth-order valence-corrected chi connectivity index (χ4v) is 4.30. The lowest BCUT2D eigenvalue weighted by Crippen LogP contribution is -2.40. The van der Waals surface area contributed by atoms with Crippen molar-refractivity contribution in [3.8, 4) is 5.69 Å². The highest BCUT2D eigenvalue weighted by Crippen LogP contribution is 2.35. The van der Waals surface area contributed by atoms with Crippen LogP contribution in [0.1, 0.15) is 16.7 Å². The quantitative estimate of drug-likeness (QED) is 0.461. The second-order valence-corrected chi connectivity index (χ2v) is 8.54. The summed E-state index contributed by atoms with van der Waals surface area (Å²) in [6, 6.07) is 21.3. The van der Waals surface area contributed by atoms with Crippen molar-refractivity contribution in [1.29, 1.82) is 0 Å². The number of aliphatic hydroxyl groups is 1. The minimum absolute atomic E-state index is 0.413. The van der Waals surface area contributed by atoms with Crippen molar-refractivity contribution in [1.82, 2.24) is 24.8 Å². The molecular weight excluding hydrogens is 462 g/mol. The molecule has 2 aliphatic heterocycles. The Morgan fingerprint density at radius 2 is 1.66 bits per heavy atom. The Labute approximate surface area is 206 Å². The highest BCUT2D eigenvalue weighted by Gasteiger charge is 2.38. The Morgan fingerprint density at radius 1 is 0.886 bits per heavy atom. The lowest BCUT2D eigenvalue weighted by molar-refractivity contribution is -0.0621. The highest BCUT2D eigenvalue weighted by molar-refractivity contribution is 6.39. The van der Waals surface area contributed by atoms with E-state index in [1.165, 1.54) is 5.01 Å². The van der Waals surface area contributed by atoms with Gasteiger partial charge in [0.1, 0.15) is 0 Å². The standard InChI is InChI=1S/C26H20ClN7O/c27-21-6-4-19(5-7-21)23-16-30-34-25(24(23)20-10-13-28-14-11-20)31-33(26(34)35)17-18-2-8-22(9-3-18)32-15-1-12-29-32/h1-16,26,35H,17H2. The Morgan fingerprint density at radius 3 is 2.37 bits per heavy atom. The summed E-state index contributed by atoms with van der Waals surface area (Å²) in [5.74, 6) is 0.573. The molecule has 6 rings (SSSR count).